The molecule has 0 saturated carbocycles. The van der Waals surface area contributed by atoms with Crippen molar-refractivity contribution in [2.24, 2.45) is 0 Å². The van der Waals surface area contributed by atoms with E-state index in [-0.39, 0.29) is 0 Å². The molecule has 0 fully saturated rings. The summed E-state index contributed by atoms with van der Waals surface area (Å²) >= 11 is 2.97. The Hall–Kier alpha value is -1.13. The summed E-state index contributed by atoms with van der Waals surface area (Å²) in [5.41, 5.74) is 0. The second kappa shape index (κ2) is 5.75. The number of ether oxygens (including phenoxy) is 4. The molecule has 0 N–H and O–H groups in total. The molecule has 5 heterocycles. The molecule has 5 rings (SSSR count). The summed E-state index contributed by atoms with van der Waals surface area (Å²) in [4.78, 5) is 2.46. The first-order valence-corrected chi connectivity index (χ1v) is 11.3. The van der Waals surface area contributed by atoms with Gasteiger partial charge in [-0.1, -0.05) is 0 Å². The van der Waals surface area contributed by atoms with Crippen molar-refractivity contribution >= 4 is 43.1 Å². The molecule has 0 saturated heterocycles. The van der Waals surface area contributed by atoms with Crippen LogP contribution in [0.2, 0.25) is 0 Å². The van der Waals surface area contributed by atoms with Gasteiger partial charge in [-0.3, -0.25) is 0 Å². The molecule has 0 radical (unpaired) electrons. The van der Waals surface area contributed by atoms with Crippen LogP contribution in [0.3, 0.4) is 0 Å². The van der Waals surface area contributed by atoms with Gasteiger partial charge in [0, 0.05) is 0 Å². The average molecular weight is 460 g/mol. The predicted octanol–water partition coefficient (Wildman–Crippen LogP) is 3.74. The third-order valence-electron chi connectivity index (χ3n) is 3.66. The summed E-state index contributed by atoms with van der Waals surface area (Å²) in [5.74, 6) is 3.65. The SMILES string of the molecule is c1cc(-c2scc3c2OCCO3)[te]c1-c1scc2c1OCCO2. The van der Waals surface area contributed by atoms with E-state index < -0.39 is 20.4 Å². The fraction of sp³-hybridized carbons (Fsp3) is 0.250. The molecule has 2 aliphatic heterocycles. The summed E-state index contributed by atoms with van der Waals surface area (Å²) < 4.78 is 25.8. The first-order valence-electron chi connectivity index (χ1n) is 7.25. The predicted molar refractivity (Wildman–Crippen MR) is 92.0 cm³/mol. The summed E-state index contributed by atoms with van der Waals surface area (Å²) in [5, 5.41) is 4.11. The Morgan fingerprint density at radius 1 is 0.696 bits per heavy atom. The van der Waals surface area contributed by atoms with Crippen LogP contribution < -0.4 is 18.9 Å². The van der Waals surface area contributed by atoms with E-state index in [1.165, 1.54) is 16.9 Å². The summed E-state index contributed by atoms with van der Waals surface area (Å²) in [7, 11) is 0. The van der Waals surface area contributed by atoms with Crippen LogP contribution in [-0.4, -0.2) is 46.9 Å². The van der Waals surface area contributed by atoms with Crippen LogP contribution in [0.25, 0.3) is 16.9 Å². The van der Waals surface area contributed by atoms with Gasteiger partial charge < -0.3 is 0 Å². The summed E-state index contributed by atoms with van der Waals surface area (Å²) in [6, 6.07) is 4.47. The fourth-order valence-corrected chi connectivity index (χ4v) is 8.24. The minimum atomic E-state index is -0.463. The van der Waals surface area contributed by atoms with Crippen molar-refractivity contribution in [3.05, 3.63) is 22.9 Å². The quantitative estimate of drug-likeness (QED) is 0.547. The molecule has 3 aromatic heterocycles. The Balaban J connectivity index is 1.54. The molecule has 23 heavy (non-hydrogen) atoms. The zero-order chi connectivity index (χ0) is 15.2. The van der Waals surface area contributed by atoms with Gasteiger partial charge in [0.2, 0.25) is 0 Å². The van der Waals surface area contributed by atoms with Crippen LogP contribution in [0.15, 0.2) is 22.9 Å². The Bertz CT molecular complexity index is 795. The first kappa shape index (κ1) is 14.2. The van der Waals surface area contributed by atoms with Gasteiger partial charge in [0.15, 0.2) is 0 Å². The van der Waals surface area contributed by atoms with Gasteiger partial charge in [-0.15, -0.1) is 0 Å². The Labute approximate surface area is 150 Å². The molecule has 0 atom stereocenters. The van der Waals surface area contributed by atoms with Gasteiger partial charge in [-0.2, -0.15) is 0 Å². The number of hydrogen-bond acceptors (Lipinski definition) is 6. The van der Waals surface area contributed by atoms with Gasteiger partial charge in [-0.25, -0.2) is 0 Å². The van der Waals surface area contributed by atoms with Crippen molar-refractivity contribution < 1.29 is 18.9 Å². The van der Waals surface area contributed by atoms with E-state index in [1.807, 2.05) is 0 Å². The van der Waals surface area contributed by atoms with Crippen LogP contribution in [-0.2, 0) is 0 Å². The van der Waals surface area contributed by atoms with E-state index in [0.717, 1.165) is 23.0 Å². The average Bonchev–Trinajstić information content (AvgIpc) is 3.31. The summed E-state index contributed by atoms with van der Waals surface area (Å²) in [6.45, 7) is 2.55. The van der Waals surface area contributed by atoms with E-state index in [9.17, 15) is 0 Å². The van der Waals surface area contributed by atoms with E-state index in [2.05, 4.69) is 22.9 Å². The molecule has 0 unspecified atom stereocenters. The zero-order valence-corrected chi connectivity index (χ0v) is 16.0. The van der Waals surface area contributed by atoms with Crippen LogP contribution in [0.4, 0.5) is 0 Å². The number of hydrogen-bond donors (Lipinski definition) is 0. The zero-order valence-electron chi connectivity index (χ0n) is 12.0. The van der Waals surface area contributed by atoms with Crippen molar-refractivity contribution in [2.75, 3.05) is 26.4 Å². The minimum absolute atomic E-state index is 0.463. The molecular formula is C16H12O4S2Te. The van der Waals surface area contributed by atoms with E-state index in [0.29, 0.717) is 26.4 Å². The number of fused-ring (bicyclic) bond motifs is 2. The Morgan fingerprint density at radius 2 is 1.17 bits per heavy atom. The van der Waals surface area contributed by atoms with Crippen LogP contribution in [0.5, 0.6) is 23.0 Å². The van der Waals surface area contributed by atoms with Crippen molar-refractivity contribution in [3.63, 3.8) is 0 Å². The molecule has 0 bridgehead atoms. The third kappa shape index (κ3) is 2.38. The van der Waals surface area contributed by atoms with Crippen molar-refractivity contribution in [1.82, 2.24) is 0 Å². The summed E-state index contributed by atoms with van der Waals surface area (Å²) in [6.07, 6.45) is 0. The van der Waals surface area contributed by atoms with E-state index in [1.54, 1.807) is 22.7 Å². The van der Waals surface area contributed by atoms with Gasteiger partial charge in [0.1, 0.15) is 0 Å². The van der Waals surface area contributed by atoms with E-state index >= 15 is 0 Å². The van der Waals surface area contributed by atoms with Crippen molar-refractivity contribution in [2.45, 2.75) is 0 Å². The second-order valence-electron chi connectivity index (χ2n) is 5.07. The molecule has 0 aromatic carbocycles. The standard InChI is InChI=1S/C16H12O4S2Te/c1-2-12(16-14-10(8-22-16)18-4-6-20-14)23-11(1)15-13-9(7-21-15)17-3-5-19-13/h1-2,7-8H,3-6H2. The van der Waals surface area contributed by atoms with E-state index in [4.69, 9.17) is 18.9 Å². The Kier molecular flexibility index (Phi) is 3.56. The Morgan fingerprint density at radius 3 is 1.70 bits per heavy atom. The van der Waals surface area contributed by atoms with Crippen molar-refractivity contribution in [3.8, 4) is 39.9 Å². The maximum absolute atomic E-state index is 5.82. The molecule has 4 nitrogen and oxygen atoms in total. The van der Waals surface area contributed by atoms with Gasteiger partial charge >= 0.3 is 151 Å². The van der Waals surface area contributed by atoms with Gasteiger partial charge in [0.05, 0.1) is 0 Å². The molecule has 118 valence electrons. The normalized spacial score (nSPS) is 15.7. The monoisotopic (exact) mass is 462 g/mol. The van der Waals surface area contributed by atoms with Crippen molar-refractivity contribution in [1.29, 1.82) is 0 Å². The first-order chi connectivity index (χ1) is 11.4. The molecule has 7 heteroatoms. The van der Waals surface area contributed by atoms with Crippen LogP contribution in [0, 0.1) is 0 Å². The van der Waals surface area contributed by atoms with Gasteiger partial charge in [-0.05, 0) is 0 Å². The van der Waals surface area contributed by atoms with Gasteiger partial charge in [0.25, 0.3) is 0 Å². The molecule has 0 spiro atoms. The van der Waals surface area contributed by atoms with Crippen LogP contribution >= 0.6 is 22.7 Å². The van der Waals surface area contributed by atoms with Crippen LogP contribution in [0.1, 0.15) is 0 Å². The topological polar surface area (TPSA) is 36.9 Å². The third-order valence-corrected chi connectivity index (χ3v) is 9.61. The molecular weight excluding hydrogens is 448 g/mol. The number of thiophene rings is 2. The molecule has 0 aliphatic carbocycles. The molecule has 0 amide bonds. The molecule has 3 aromatic rings. The fourth-order valence-electron chi connectivity index (χ4n) is 2.65. The number of rotatable bonds is 2. The molecule has 2 aliphatic rings. The maximum atomic E-state index is 5.82. The second-order valence-corrected chi connectivity index (χ2v) is 9.93.